The molecule has 4 aromatic rings. The van der Waals surface area contributed by atoms with E-state index in [0.717, 1.165) is 16.6 Å². The van der Waals surface area contributed by atoms with Gasteiger partial charge in [0.2, 0.25) is 0 Å². The first-order chi connectivity index (χ1) is 11.8. The fourth-order valence-electron chi connectivity index (χ4n) is 4.44. The maximum Gasteiger partial charge on any atom is 0.138 e. The molecule has 1 fully saturated rings. The number of nitrogens with zero attached hydrogens (tertiary/aromatic N) is 3. The number of pyridine rings is 1. The Labute approximate surface area is 139 Å². The van der Waals surface area contributed by atoms with Gasteiger partial charge in [0.05, 0.1) is 24.0 Å². The molecular weight excluding hydrogens is 298 g/mol. The van der Waals surface area contributed by atoms with Crippen LogP contribution in [0, 0.1) is 17.2 Å². The second-order valence-corrected chi connectivity index (χ2v) is 6.92. The Morgan fingerprint density at radius 2 is 2.21 bits per heavy atom. The van der Waals surface area contributed by atoms with E-state index in [-0.39, 0.29) is 6.04 Å². The maximum absolute atomic E-state index is 9.30. The lowest BCUT2D eigenvalue weighted by Gasteiger charge is -2.22. The van der Waals surface area contributed by atoms with Crippen LogP contribution in [0.15, 0.2) is 30.7 Å². The monoisotopic (exact) mass is 317 g/mol. The van der Waals surface area contributed by atoms with Gasteiger partial charge in [-0.2, -0.15) is 5.26 Å². The third-order valence-corrected chi connectivity index (χ3v) is 5.60. The molecule has 1 saturated carbocycles. The van der Waals surface area contributed by atoms with Crippen LogP contribution in [0.1, 0.15) is 38.1 Å². The fraction of sp³-hybridized carbons (Fsp3) is 0.368. The first kappa shape index (κ1) is 13.7. The minimum absolute atomic E-state index is 0.245. The summed E-state index contributed by atoms with van der Waals surface area (Å²) in [7, 11) is 0. The van der Waals surface area contributed by atoms with Crippen molar-refractivity contribution in [3.8, 4) is 6.07 Å². The molecule has 0 saturated heterocycles. The Balaban J connectivity index is 1.72. The average Bonchev–Trinajstić information content (AvgIpc) is 3.33. The second kappa shape index (κ2) is 5.13. The predicted molar refractivity (Wildman–Crippen MR) is 94.7 cm³/mol. The molecule has 1 unspecified atom stereocenters. The van der Waals surface area contributed by atoms with E-state index in [2.05, 4.69) is 44.1 Å². The summed E-state index contributed by atoms with van der Waals surface area (Å²) >= 11 is 0. The number of benzene rings is 1. The highest BCUT2D eigenvalue weighted by Gasteiger charge is 2.27. The van der Waals surface area contributed by atoms with E-state index in [1.165, 1.54) is 41.8 Å². The van der Waals surface area contributed by atoms with Gasteiger partial charge in [-0.25, -0.2) is 4.98 Å². The quantitative estimate of drug-likeness (QED) is 0.577. The highest BCUT2D eigenvalue weighted by Crippen LogP contribution is 2.38. The van der Waals surface area contributed by atoms with Crippen molar-refractivity contribution in [2.75, 3.05) is 0 Å². The summed E-state index contributed by atoms with van der Waals surface area (Å²) in [6.45, 7) is 0. The SMILES string of the molecule is N#CCC(C1CCCC1)n1cc2c(cc3cnc4[nH]ccc2c34)[nH]1. The van der Waals surface area contributed by atoms with Gasteiger partial charge in [-0.05, 0) is 36.3 Å². The number of aromatic nitrogens is 4. The molecular formula is C19H19N5. The van der Waals surface area contributed by atoms with Crippen molar-refractivity contribution in [1.29, 1.82) is 5.26 Å². The largest absolute Gasteiger partial charge is 0.346 e. The minimum Gasteiger partial charge on any atom is -0.346 e. The number of nitrogens with one attached hydrogen (secondary N) is 2. The summed E-state index contributed by atoms with van der Waals surface area (Å²) in [5.74, 6) is 0.604. The average molecular weight is 317 g/mol. The van der Waals surface area contributed by atoms with Crippen molar-refractivity contribution in [2.24, 2.45) is 5.92 Å². The number of fused-ring (bicyclic) bond motifs is 2. The van der Waals surface area contributed by atoms with Gasteiger partial charge in [-0.1, -0.05) is 12.8 Å². The molecule has 1 atom stereocenters. The van der Waals surface area contributed by atoms with E-state index < -0.39 is 0 Å². The van der Waals surface area contributed by atoms with Crippen molar-refractivity contribution in [3.05, 3.63) is 30.7 Å². The van der Waals surface area contributed by atoms with Crippen LogP contribution in [0.5, 0.6) is 0 Å². The van der Waals surface area contributed by atoms with Crippen LogP contribution in [-0.2, 0) is 0 Å². The lowest BCUT2D eigenvalue weighted by atomic mass is 9.96. The van der Waals surface area contributed by atoms with Crippen LogP contribution in [0.4, 0.5) is 0 Å². The Morgan fingerprint density at radius 1 is 1.33 bits per heavy atom. The molecule has 0 radical (unpaired) electrons. The molecule has 0 bridgehead atoms. The molecule has 3 aromatic heterocycles. The lowest BCUT2D eigenvalue weighted by Crippen LogP contribution is -2.17. The zero-order valence-electron chi connectivity index (χ0n) is 13.4. The molecule has 0 amide bonds. The van der Waals surface area contributed by atoms with Gasteiger partial charge in [0, 0.05) is 34.7 Å². The van der Waals surface area contributed by atoms with Crippen LogP contribution < -0.4 is 0 Å². The molecule has 3 heterocycles. The number of H-pyrrole nitrogens is 2. The molecule has 120 valence electrons. The standard InChI is InChI=1S/C19H19N5/c20-7-5-17(12-3-1-2-4-12)24-11-15-14-6-8-21-19-18(14)13(10-22-19)9-16(15)23-24/h6,8-12,17,23H,1-5H2,(H,21,22). The van der Waals surface area contributed by atoms with Gasteiger partial charge in [0.1, 0.15) is 5.65 Å². The van der Waals surface area contributed by atoms with Gasteiger partial charge >= 0.3 is 0 Å². The molecule has 1 aromatic carbocycles. The first-order valence-corrected chi connectivity index (χ1v) is 8.67. The first-order valence-electron chi connectivity index (χ1n) is 8.67. The topological polar surface area (TPSA) is 73.2 Å². The number of hydrogen-bond acceptors (Lipinski definition) is 2. The summed E-state index contributed by atoms with van der Waals surface area (Å²) in [4.78, 5) is 7.67. The van der Waals surface area contributed by atoms with Crippen LogP contribution in [0.25, 0.3) is 32.7 Å². The van der Waals surface area contributed by atoms with Crippen LogP contribution in [0.2, 0.25) is 0 Å². The third kappa shape index (κ3) is 1.89. The summed E-state index contributed by atoms with van der Waals surface area (Å²) in [6.07, 6.45) is 11.7. The number of rotatable bonds is 3. The van der Waals surface area contributed by atoms with Crippen LogP contribution in [0.3, 0.4) is 0 Å². The van der Waals surface area contributed by atoms with Crippen molar-refractivity contribution < 1.29 is 0 Å². The van der Waals surface area contributed by atoms with E-state index in [9.17, 15) is 5.26 Å². The van der Waals surface area contributed by atoms with Crippen molar-refractivity contribution in [3.63, 3.8) is 0 Å². The summed E-state index contributed by atoms with van der Waals surface area (Å²) in [5, 5.41) is 17.6. The Morgan fingerprint density at radius 3 is 3.04 bits per heavy atom. The third-order valence-electron chi connectivity index (χ3n) is 5.60. The number of aromatic amines is 2. The van der Waals surface area contributed by atoms with Gasteiger partial charge < -0.3 is 4.98 Å². The Bertz CT molecular complexity index is 1070. The fourth-order valence-corrected chi connectivity index (χ4v) is 4.44. The molecule has 1 aliphatic rings. The lowest BCUT2D eigenvalue weighted by molar-refractivity contribution is 0.316. The Hall–Kier alpha value is -2.74. The minimum atomic E-state index is 0.245. The van der Waals surface area contributed by atoms with E-state index in [4.69, 9.17) is 0 Å². The van der Waals surface area contributed by atoms with E-state index in [1.807, 2.05) is 12.4 Å². The zero-order chi connectivity index (χ0) is 16.1. The van der Waals surface area contributed by atoms with Crippen molar-refractivity contribution in [1.82, 2.24) is 19.7 Å². The van der Waals surface area contributed by atoms with Crippen LogP contribution >= 0.6 is 0 Å². The van der Waals surface area contributed by atoms with E-state index >= 15 is 0 Å². The van der Waals surface area contributed by atoms with E-state index in [0.29, 0.717) is 12.3 Å². The molecule has 5 heteroatoms. The normalized spacial score (nSPS) is 17.1. The highest BCUT2D eigenvalue weighted by molar-refractivity contribution is 6.19. The number of hydrogen-bond donors (Lipinski definition) is 2. The Kier molecular flexibility index (Phi) is 2.93. The molecule has 2 N–H and O–H groups in total. The van der Waals surface area contributed by atoms with Gasteiger partial charge in [-0.3, -0.25) is 9.78 Å². The van der Waals surface area contributed by atoms with Gasteiger partial charge in [-0.15, -0.1) is 0 Å². The second-order valence-electron chi connectivity index (χ2n) is 6.92. The smallest absolute Gasteiger partial charge is 0.138 e. The predicted octanol–water partition coefficient (Wildman–Crippen LogP) is 4.64. The number of nitriles is 1. The maximum atomic E-state index is 9.30. The van der Waals surface area contributed by atoms with Crippen molar-refractivity contribution in [2.45, 2.75) is 38.1 Å². The van der Waals surface area contributed by atoms with Crippen molar-refractivity contribution >= 4 is 32.7 Å². The molecule has 24 heavy (non-hydrogen) atoms. The summed E-state index contributed by atoms with van der Waals surface area (Å²) in [6, 6.07) is 6.92. The molecule has 0 aliphatic heterocycles. The molecule has 1 aliphatic carbocycles. The summed E-state index contributed by atoms with van der Waals surface area (Å²) in [5.41, 5.74) is 2.05. The van der Waals surface area contributed by atoms with Gasteiger partial charge in [0.25, 0.3) is 0 Å². The molecule has 5 rings (SSSR count). The molecule has 0 spiro atoms. The highest BCUT2D eigenvalue weighted by atomic mass is 15.3. The van der Waals surface area contributed by atoms with Crippen LogP contribution in [-0.4, -0.2) is 19.7 Å². The summed E-state index contributed by atoms with van der Waals surface area (Å²) < 4.78 is 2.18. The van der Waals surface area contributed by atoms with E-state index in [1.54, 1.807) is 0 Å². The van der Waals surface area contributed by atoms with Gasteiger partial charge in [0.15, 0.2) is 0 Å². The zero-order valence-corrected chi connectivity index (χ0v) is 13.4. The molecule has 5 nitrogen and oxygen atoms in total.